The van der Waals surface area contributed by atoms with Crippen LogP contribution in [0.25, 0.3) is 0 Å². The second-order valence-electron chi connectivity index (χ2n) is 11.4. The maximum absolute atomic E-state index is 15.0. The predicted molar refractivity (Wildman–Crippen MR) is 170 cm³/mol. The predicted octanol–water partition coefficient (Wildman–Crippen LogP) is 12.0. The Balaban J connectivity index is 1.93. The van der Waals surface area contributed by atoms with Crippen LogP contribution in [0.1, 0.15) is 71.1 Å². The molecule has 0 unspecified atom stereocenters. The summed E-state index contributed by atoms with van der Waals surface area (Å²) in [6.07, 6.45) is 3.82. The molecular formula is C34H39F9O4S2. The van der Waals surface area contributed by atoms with E-state index in [2.05, 4.69) is 6.92 Å². The highest BCUT2D eigenvalue weighted by Crippen LogP contribution is 2.71. The number of hydrogen-bond donors (Lipinski definition) is 0. The highest BCUT2D eigenvalue weighted by molar-refractivity contribution is 8.33. The first-order chi connectivity index (χ1) is 23.0. The van der Waals surface area contributed by atoms with Crippen LogP contribution < -0.4 is 4.74 Å². The molecule has 3 aromatic rings. The van der Waals surface area contributed by atoms with Crippen LogP contribution in [0.15, 0.2) is 99.6 Å². The van der Waals surface area contributed by atoms with Gasteiger partial charge in [-0.2, -0.15) is 47.9 Å². The summed E-state index contributed by atoms with van der Waals surface area (Å²) < 4.78 is 162. The molecule has 0 heterocycles. The Labute approximate surface area is 282 Å². The Morgan fingerprint density at radius 2 is 0.939 bits per heavy atom. The molecule has 0 aliphatic carbocycles. The van der Waals surface area contributed by atoms with Crippen LogP contribution in [-0.4, -0.2) is 38.3 Å². The molecule has 0 saturated carbocycles. The molecule has 0 amide bonds. The van der Waals surface area contributed by atoms with E-state index in [0.717, 1.165) is 32.1 Å². The highest BCUT2D eigenvalue weighted by Gasteiger charge is 2.86. The van der Waals surface area contributed by atoms with Gasteiger partial charge in [0.15, 0.2) is 0 Å². The van der Waals surface area contributed by atoms with Gasteiger partial charge in [0, 0.05) is 14.7 Å². The van der Waals surface area contributed by atoms with Gasteiger partial charge in [0.2, 0.25) is 0 Å². The standard InChI is InChI=1S/C34H39F9O4S2/c1-2-3-4-5-6-7-8-9-10-17-26-46-27-22-24-30(25-23-27)48(28-18-13-11-14-19-28,29-20-15-12-16-21-29)47-49(44,45)34(42,43)32(37,38)31(35,36)33(39,40)41/h11-16,18-25H,2-10,17,26H2,1H3. The summed E-state index contributed by atoms with van der Waals surface area (Å²) >= 11 is 0. The van der Waals surface area contributed by atoms with Crippen molar-refractivity contribution < 1.29 is 56.3 Å². The summed E-state index contributed by atoms with van der Waals surface area (Å²) in [6.45, 7) is 2.49. The molecule has 0 spiro atoms. The molecule has 0 aromatic heterocycles. The maximum Gasteiger partial charge on any atom is 0.460 e. The number of unbranched alkanes of at least 4 members (excludes halogenated alkanes) is 9. The first-order valence-electron chi connectivity index (χ1n) is 15.8. The SMILES string of the molecule is CCCCCCCCCCCCOc1ccc(S(OS(=O)(=O)C(F)(F)C(F)(F)C(F)(F)C(F)(F)F)(c2ccccc2)c2ccccc2)cc1. The zero-order chi connectivity index (χ0) is 36.4. The third-order valence-electron chi connectivity index (χ3n) is 7.69. The number of rotatable bonds is 20. The summed E-state index contributed by atoms with van der Waals surface area (Å²) in [5.74, 6) is -14.6. The van der Waals surface area contributed by atoms with Crippen molar-refractivity contribution in [2.75, 3.05) is 6.61 Å². The van der Waals surface area contributed by atoms with E-state index in [1.165, 1.54) is 117 Å². The van der Waals surface area contributed by atoms with Gasteiger partial charge >= 0.3 is 33.4 Å². The monoisotopic (exact) mass is 746 g/mol. The lowest BCUT2D eigenvalue weighted by atomic mass is 10.1. The lowest BCUT2D eigenvalue weighted by Crippen LogP contribution is -2.63. The number of benzene rings is 3. The van der Waals surface area contributed by atoms with Gasteiger partial charge in [-0.15, -0.1) is 0 Å². The van der Waals surface area contributed by atoms with Crippen molar-refractivity contribution in [1.29, 1.82) is 0 Å². The van der Waals surface area contributed by atoms with Crippen LogP contribution in [-0.2, 0) is 13.7 Å². The number of hydrogen-bond acceptors (Lipinski definition) is 4. The van der Waals surface area contributed by atoms with Crippen molar-refractivity contribution in [2.24, 2.45) is 0 Å². The van der Waals surface area contributed by atoms with E-state index >= 15 is 8.78 Å². The van der Waals surface area contributed by atoms with Gasteiger partial charge in [0.25, 0.3) is 0 Å². The average molecular weight is 747 g/mol. The van der Waals surface area contributed by atoms with E-state index in [9.17, 15) is 39.2 Å². The molecule has 0 fully saturated rings. The zero-order valence-corrected chi connectivity index (χ0v) is 28.3. The molecular weight excluding hydrogens is 707 g/mol. The van der Waals surface area contributed by atoms with Crippen molar-refractivity contribution >= 4 is 20.4 Å². The molecule has 274 valence electrons. The van der Waals surface area contributed by atoms with Gasteiger partial charge in [-0.05, 0) is 65.3 Å². The van der Waals surface area contributed by atoms with Crippen LogP contribution in [0.2, 0.25) is 0 Å². The molecule has 0 bridgehead atoms. The van der Waals surface area contributed by atoms with Gasteiger partial charge < -0.3 is 4.74 Å². The fraction of sp³-hybridized carbons (Fsp3) is 0.471. The Hall–Kier alpha value is -2.91. The quantitative estimate of drug-likeness (QED) is 0.0853. The third-order valence-corrected chi connectivity index (χ3v) is 12.9. The Morgan fingerprint density at radius 1 is 0.531 bits per heavy atom. The third kappa shape index (κ3) is 9.07. The minimum absolute atomic E-state index is 0.162. The Bertz CT molecular complexity index is 1500. The molecule has 0 saturated heterocycles. The molecule has 0 aliphatic rings. The molecule has 3 aromatic carbocycles. The fourth-order valence-electron chi connectivity index (χ4n) is 4.95. The van der Waals surface area contributed by atoms with Gasteiger partial charge in [0.05, 0.1) is 6.61 Å². The topological polar surface area (TPSA) is 52.6 Å². The summed E-state index contributed by atoms with van der Waals surface area (Å²) in [5, 5.41) is -7.04. The van der Waals surface area contributed by atoms with Gasteiger partial charge in [-0.3, -0.25) is 0 Å². The van der Waals surface area contributed by atoms with Crippen molar-refractivity contribution in [3.05, 3.63) is 84.9 Å². The van der Waals surface area contributed by atoms with Crippen molar-refractivity contribution in [3.63, 3.8) is 0 Å². The smallest absolute Gasteiger partial charge is 0.460 e. The van der Waals surface area contributed by atoms with Crippen molar-refractivity contribution in [1.82, 2.24) is 0 Å². The Morgan fingerprint density at radius 3 is 1.37 bits per heavy atom. The molecule has 0 atom stereocenters. The largest absolute Gasteiger partial charge is 0.494 e. The summed E-state index contributed by atoms with van der Waals surface area (Å²) in [7, 11) is -11.3. The zero-order valence-electron chi connectivity index (χ0n) is 26.7. The number of ether oxygens (including phenoxy) is 1. The van der Waals surface area contributed by atoms with E-state index in [4.69, 9.17) is 8.37 Å². The number of alkyl halides is 9. The van der Waals surface area contributed by atoms with Gasteiger partial charge in [-0.25, -0.2) is 3.63 Å². The second kappa shape index (κ2) is 16.9. The molecule has 3 rings (SSSR count). The van der Waals surface area contributed by atoms with Crippen LogP contribution in [0, 0.1) is 0 Å². The Kier molecular flexibility index (Phi) is 13.9. The minimum Gasteiger partial charge on any atom is -0.494 e. The van der Waals surface area contributed by atoms with E-state index in [1.54, 1.807) is 0 Å². The molecule has 49 heavy (non-hydrogen) atoms. The summed E-state index contributed by atoms with van der Waals surface area (Å²) in [4.78, 5) is -0.502. The first-order valence-corrected chi connectivity index (χ1v) is 18.7. The normalized spacial score (nSPS) is 13.8. The van der Waals surface area contributed by atoms with Gasteiger partial charge in [0.1, 0.15) is 5.75 Å². The van der Waals surface area contributed by atoms with E-state index < -0.39 is 43.7 Å². The average Bonchev–Trinajstić information content (AvgIpc) is 3.06. The maximum atomic E-state index is 15.0. The molecule has 0 aliphatic heterocycles. The van der Waals surface area contributed by atoms with E-state index in [1.807, 2.05) is 0 Å². The molecule has 15 heteroatoms. The second-order valence-corrected chi connectivity index (χ2v) is 15.9. The summed E-state index contributed by atoms with van der Waals surface area (Å²) in [6, 6.07) is 18.4. The van der Waals surface area contributed by atoms with Crippen molar-refractivity contribution in [2.45, 2.75) is 109 Å². The fourth-order valence-corrected chi connectivity index (χ4v) is 10.2. The van der Waals surface area contributed by atoms with Gasteiger partial charge in [-0.1, -0.05) is 101 Å². The van der Waals surface area contributed by atoms with E-state index in [-0.39, 0.29) is 14.7 Å². The number of halogens is 9. The molecule has 4 nitrogen and oxygen atoms in total. The van der Waals surface area contributed by atoms with Crippen LogP contribution >= 0.6 is 10.3 Å². The highest BCUT2D eigenvalue weighted by atomic mass is 32.3. The van der Waals surface area contributed by atoms with E-state index in [0.29, 0.717) is 12.4 Å². The summed E-state index contributed by atoms with van der Waals surface area (Å²) in [5.41, 5.74) is 0. The van der Waals surface area contributed by atoms with Crippen molar-refractivity contribution in [3.8, 4) is 5.75 Å². The lowest BCUT2D eigenvalue weighted by Gasteiger charge is -2.41. The lowest BCUT2D eigenvalue weighted by molar-refractivity contribution is -0.382. The van der Waals surface area contributed by atoms with Crippen LogP contribution in [0.5, 0.6) is 5.75 Å². The minimum atomic E-state index is -7.46. The van der Waals surface area contributed by atoms with Crippen LogP contribution in [0.3, 0.4) is 0 Å². The molecule has 0 N–H and O–H groups in total. The molecule has 0 radical (unpaired) electrons. The van der Waals surface area contributed by atoms with Crippen LogP contribution in [0.4, 0.5) is 39.5 Å². The first kappa shape index (κ1) is 40.5.